The molecule has 0 saturated carbocycles. The Morgan fingerprint density at radius 1 is 1.39 bits per heavy atom. The molecule has 1 N–H and O–H groups in total. The Balaban J connectivity index is 1.99. The number of carbonyl (C=O) groups is 1. The minimum atomic E-state index is -4.30. The zero-order valence-corrected chi connectivity index (χ0v) is 13.9. The van der Waals surface area contributed by atoms with E-state index in [1.807, 2.05) is 6.92 Å². The number of hydrogen-bond acceptors (Lipinski definition) is 4. The van der Waals surface area contributed by atoms with E-state index in [4.69, 9.17) is 0 Å². The van der Waals surface area contributed by atoms with E-state index in [0.717, 1.165) is 0 Å². The van der Waals surface area contributed by atoms with E-state index < -0.39 is 24.6 Å². The van der Waals surface area contributed by atoms with Crippen LogP contribution in [0.4, 0.5) is 13.2 Å². The van der Waals surface area contributed by atoms with Crippen molar-refractivity contribution in [2.24, 2.45) is 5.92 Å². The molecule has 3 atom stereocenters. The summed E-state index contributed by atoms with van der Waals surface area (Å²) in [5, 5.41) is 2.99. The summed E-state index contributed by atoms with van der Waals surface area (Å²) in [5.41, 5.74) is 1.58. The fourth-order valence-corrected chi connectivity index (χ4v) is 3.88. The molecular weight excluding hydrogens is 375 g/mol. The third-order valence-corrected chi connectivity index (χ3v) is 5.31. The third-order valence-electron chi connectivity index (χ3n) is 4.29. The summed E-state index contributed by atoms with van der Waals surface area (Å²) in [5.74, 6) is -1.12. The lowest BCUT2D eigenvalue weighted by Gasteiger charge is -2.36. The number of ketones is 1. The van der Waals surface area contributed by atoms with Gasteiger partial charge in [0.05, 0.1) is 12.5 Å². The second-order valence-electron chi connectivity index (χ2n) is 5.79. The summed E-state index contributed by atoms with van der Waals surface area (Å²) >= 11 is 3.41. The highest BCUT2D eigenvalue weighted by Gasteiger charge is 2.47. The van der Waals surface area contributed by atoms with Crippen LogP contribution in [-0.4, -0.2) is 33.5 Å². The Bertz CT molecular complexity index is 647. The first-order valence-corrected chi connectivity index (χ1v) is 7.93. The standard InChI is InChI=1S/C15H15BrF3N3O/c1-8-12-11(10(7-21-12)6-15(17,18)19)14(23)13(22(8)16)9-2-4-20-5-3-9/h2-5,8,10,13,21H,6-7H2,1H3. The molecule has 3 rings (SSSR count). The fourth-order valence-electron chi connectivity index (χ4n) is 3.26. The first-order chi connectivity index (χ1) is 10.8. The van der Waals surface area contributed by atoms with Gasteiger partial charge in [0.15, 0.2) is 5.78 Å². The number of hydrogen-bond donors (Lipinski definition) is 1. The van der Waals surface area contributed by atoms with Crippen molar-refractivity contribution in [3.05, 3.63) is 41.4 Å². The molecule has 0 saturated heterocycles. The van der Waals surface area contributed by atoms with Crippen molar-refractivity contribution in [2.75, 3.05) is 6.54 Å². The van der Waals surface area contributed by atoms with Crippen LogP contribution in [0.25, 0.3) is 0 Å². The molecule has 8 heteroatoms. The molecule has 0 spiro atoms. The van der Waals surface area contributed by atoms with Gasteiger partial charge in [0.25, 0.3) is 0 Å². The van der Waals surface area contributed by atoms with Gasteiger partial charge in [-0.3, -0.25) is 9.78 Å². The van der Waals surface area contributed by atoms with Crippen LogP contribution >= 0.6 is 16.1 Å². The average Bonchev–Trinajstić information content (AvgIpc) is 2.88. The van der Waals surface area contributed by atoms with Gasteiger partial charge in [-0.2, -0.15) is 13.2 Å². The van der Waals surface area contributed by atoms with Crippen LogP contribution < -0.4 is 5.32 Å². The Morgan fingerprint density at radius 2 is 2.04 bits per heavy atom. The van der Waals surface area contributed by atoms with Crippen LogP contribution in [0.3, 0.4) is 0 Å². The largest absolute Gasteiger partial charge is 0.389 e. The lowest BCUT2D eigenvalue weighted by Crippen LogP contribution is -2.42. The third kappa shape index (κ3) is 3.01. The predicted molar refractivity (Wildman–Crippen MR) is 81.4 cm³/mol. The van der Waals surface area contributed by atoms with Crippen LogP contribution in [0.15, 0.2) is 35.8 Å². The normalized spacial score (nSPS) is 28.7. The Hall–Kier alpha value is -1.41. The molecular formula is C15H15BrF3N3O. The predicted octanol–water partition coefficient (Wildman–Crippen LogP) is 3.13. The van der Waals surface area contributed by atoms with Crippen LogP contribution in [0.1, 0.15) is 24.9 Å². The molecule has 0 aliphatic carbocycles. The molecule has 0 fully saturated rings. The zero-order chi connectivity index (χ0) is 16.8. The molecule has 0 radical (unpaired) electrons. The smallest absolute Gasteiger partial charge is 0.386 e. The maximum atomic E-state index is 12.9. The minimum Gasteiger partial charge on any atom is -0.386 e. The molecule has 0 bridgehead atoms. The van der Waals surface area contributed by atoms with E-state index in [1.165, 1.54) is 0 Å². The van der Waals surface area contributed by atoms with E-state index in [0.29, 0.717) is 11.3 Å². The van der Waals surface area contributed by atoms with Gasteiger partial charge in [-0.1, -0.05) is 0 Å². The SMILES string of the molecule is CC1C2=C(C(=O)C(c3ccncc3)N1Br)C(CC(F)(F)F)CN2. The minimum absolute atomic E-state index is 0.143. The van der Waals surface area contributed by atoms with Crippen molar-refractivity contribution in [1.82, 2.24) is 14.2 Å². The highest BCUT2D eigenvalue weighted by Crippen LogP contribution is 2.43. The second kappa shape index (κ2) is 5.90. The molecule has 1 aromatic heterocycles. The number of aromatic nitrogens is 1. The summed E-state index contributed by atoms with van der Waals surface area (Å²) in [7, 11) is 0. The van der Waals surface area contributed by atoms with Crippen LogP contribution in [-0.2, 0) is 4.79 Å². The number of Topliss-reactive ketones (excluding diaryl/α,β-unsaturated/α-hetero) is 1. The molecule has 1 aromatic rings. The summed E-state index contributed by atoms with van der Waals surface area (Å²) < 4.78 is 40.1. The summed E-state index contributed by atoms with van der Waals surface area (Å²) in [6.45, 7) is 2.00. The van der Waals surface area contributed by atoms with Gasteiger partial charge in [0.1, 0.15) is 6.04 Å². The lowest BCUT2D eigenvalue weighted by atomic mass is 9.84. The molecule has 0 amide bonds. The van der Waals surface area contributed by atoms with Crippen molar-refractivity contribution in [1.29, 1.82) is 0 Å². The first-order valence-electron chi connectivity index (χ1n) is 7.22. The average molecular weight is 390 g/mol. The van der Waals surface area contributed by atoms with Crippen LogP contribution in [0, 0.1) is 5.92 Å². The van der Waals surface area contributed by atoms with Gasteiger partial charge >= 0.3 is 6.18 Å². The van der Waals surface area contributed by atoms with Crippen molar-refractivity contribution in [3.63, 3.8) is 0 Å². The highest BCUT2D eigenvalue weighted by atomic mass is 79.9. The number of halogens is 4. The monoisotopic (exact) mass is 389 g/mol. The van der Waals surface area contributed by atoms with E-state index in [1.54, 1.807) is 28.5 Å². The molecule has 23 heavy (non-hydrogen) atoms. The number of pyridine rings is 1. The molecule has 3 heterocycles. The second-order valence-corrected chi connectivity index (χ2v) is 6.61. The summed E-state index contributed by atoms with van der Waals surface area (Å²) in [6.07, 6.45) is -2.14. The number of nitrogens with one attached hydrogen (secondary N) is 1. The van der Waals surface area contributed by atoms with Gasteiger partial charge in [-0.15, -0.1) is 0 Å². The molecule has 124 valence electrons. The summed E-state index contributed by atoms with van der Waals surface area (Å²) in [4.78, 5) is 16.8. The fraction of sp³-hybridized carbons (Fsp3) is 0.467. The number of rotatable bonds is 2. The van der Waals surface area contributed by atoms with E-state index >= 15 is 0 Å². The van der Waals surface area contributed by atoms with Crippen molar-refractivity contribution < 1.29 is 18.0 Å². The van der Waals surface area contributed by atoms with Crippen LogP contribution in [0.2, 0.25) is 0 Å². The Labute approximate surface area is 140 Å². The van der Waals surface area contributed by atoms with Gasteiger partial charge < -0.3 is 5.32 Å². The molecule has 3 unspecified atom stereocenters. The highest BCUT2D eigenvalue weighted by molar-refractivity contribution is 9.07. The van der Waals surface area contributed by atoms with Gasteiger partial charge in [-0.25, -0.2) is 3.93 Å². The van der Waals surface area contributed by atoms with Gasteiger partial charge in [0, 0.05) is 52.3 Å². The number of nitrogens with zero attached hydrogens (tertiary/aromatic N) is 2. The van der Waals surface area contributed by atoms with E-state index in [2.05, 4.69) is 26.4 Å². The van der Waals surface area contributed by atoms with Crippen LogP contribution in [0.5, 0.6) is 0 Å². The maximum Gasteiger partial charge on any atom is 0.389 e. The lowest BCUT2D eigenvalue weighted by molar-refractivity contribution is -0.142. The zero-order valence-electron chi connectivity index (χ0n) is 12.3. The molecule has 2 aliphatic heterocycles. The molecule has 2 aliphatic rings. The van der Waals surface area contributed by atoms with E-state index in [9.17, 15) is 18.0 Å². The van der Waals surface area contributed by atoms with Gasteiger partial charge in [-0.05, 0) is 24.6 Å². The van der Waals surface area contributed by atoms with Gasteiger partial charge in [0.2, 0.25) is 0 Å². The first kappa shape index (κ1) is 16.4. The van der Waals surface area contributed by atoms with Crippen molar-refractivity contribution >= 4 is 21.9 Å². The maximum absolute atomic E-state index is 12.9. The number of carbonyl (C=O) groups excluding carboxylic acids is 1. The molecule has 4 nitrogen and oxygen atoms in total. The Morgan fingerprint density at radius 3 is 2.65 bits per heavy atom. The topological polar surface area (TPSA) is 45.2 Å². The number of alkyl halides is 3. The van der Waals surface area contributed by atoms with Crippen molar-refractivity contribution in [3.8, 4) is 0 Å². The quantitative estimate of drug-likeness (QED) is 0.789. The summed E-state index contributed by atoms with van der Waals surface area (Å²) in [6, 6.07) is 2.54. The molecule has 0 aromatic carbocycles. The Kier molecular flexibility index (Phi) is 4.22. The van der Waals surface area contributed by atoms with Crippen molar-refractivity contribution in [2.45, 2.75) is 31.6 Å². The van der Waals surface area contributed by atoms with E-state index in [-0.39, 0.29) is 23.9 Å².